The third kappa shape index (κ3) is 2.67. The van der Waals surface area contributed by atoms with Gasteiger partial charge in [-0.25, -0.2) is 4.98 Å². The van der Waals surface area contributed by atoms with Gasteiger partial charge in [-0.15, -0.1) is 0 Å². The number of amides is 2. The summed E-state index contributed by atoms with van der Waals surface area (Å²) in [5.41, 5.74) is 1.63. The Morgan fingerprint density at radius 2 is 2.07 bits per heavy atom. The molecule has 0 radical (unpaired) electrons. The second kappa shape index (κ2) is 6.34. The second-order valence-electron chi connectivity index (χ2n) is 8.84. The van der Waals surface area contributed by atoms with Gasteiger partial charge in [0.05, 0.1) is 17.9 Å². The Balaban J connectivity index is 1.59. The molecule has 0 unspecified atom stereocenters. The topological polar surface area (TPSA) is 61.7 Å². The van der Waals surface area contributed by atoms with Gasteiger partial charge in [-0.05, 0) is 43.0 Å². The molecule has 0 aromatic carbocycles. The molecular weight excluding hydrogens is 366 g/mol. The van der Waals surface area contributed by atoms with Gasteiger partial charge in [0.15, 0.2) is 5.82 Å². The molecule has 2 fully saturated rings. The predicted octanol–water partition coefficient (Wildman–Crippen LogP) is 1.86. The summed E-state index contributed by atoms with van der Waals surface area (Å²) in [4.78, 5) is 36.2. The number of carbonyl (C=O) groups is 2. The number of pyridine rings is 1. The van der Waals surface area contributed by atoms with Gasteiger partial charge in [0, 0.05) is 45.5 Å². The van der Waals surface area contributed by atoms with Gasteiger partial charge in [-0.1, -0.05) is 6.92 Å². The number of anilines is 1. The van der Waals surface area contributed by atoms with Gasteiger partial charge in [0.25, 0.3) is 0 Å². The summed E-state index contributed by atoms with van der Waals surface area (Å²) in [6.45, 7) is 3.73. The molecule has 5 rings (SSSR count). The van der Waals surface area contributed by atoms with E-state index < -0.39 is 5.54 Å². The van der Waals surface area contributed by atoms with Gasteiger partial charge < -0.3 is 19.3 Å². The van der Waals surface area contributed by atoms with Crippen LogP contribution in [0.5, 0.6) is 0 Å². The van der Waals surface area contributed by atoms with Crippen LogP contribution < -0.4 is 4.90 Å². The van der Waals surface area contributed by atoms with E-state index in [1.165, 1.54) is 0 Å². The number of carbonyl (C=O) groups excluding carboxylic acids is 2. The van der Waals surface area contributed by atoms with Crippen LogP contribution in [0.4, 0.5) is 5.69 Å². The third-order valence-electron chi connectivity index (χ3n) is 6.81. The summed E-state index contributed by atoms with van der Waals surface area (Å²) in [6, 6.07) is 8.08. The van der Waals surface area contributed by atoms with Crippen molar-refractivity contribution in [2.24, 2.45) is 11.8 Å². The molecule has 152 valence electrons. The molecule has 4 heterocycles. The number of fused-ring (bicyclic) bond motifs is 4. The summed E-state index contributed by atoms with van der Waals surface area (Å²) in [6.07, 6.45) is 5.61. The Kier molecular flexibility index (Phi) is 3.98. The van der Waals surface area contributed by atoms with Crippen molar-refractivity contribution in [3.05, 3.63) is 42.4 Å². The molecule has 1 aliphatic carbocycles. The maximum atomic E-state index is 13.0. The highest BCUT2D eigenvalue weighted by Gasteiger charge is 2.53. The molecule has 1 spiro atoms. The summed E-state index contributed by atoms with van der Waals surface area (Å²) in [7, 11) is 3.57. The SMILES string of the molecule is C[C@@H]1C[C@@H]1C(=O)N1CC[C@@]2(C1)c1cccn1-c1ncccc1N2CC(=O)N(C)C. The summed E-state index contributed by atoms with van der Waals surface area (Å²) >= 11 is 0. The summed E-state index contributed by atoms with van der Waals surface area (Å²) < 4.78 is 2.12. The van der Waals surface area contributed by atoms with E-state index in [1.54, 1.807) is 25.2 Å². The fourth-order valence-corrected chi connectivity index (χ4v) is 4.92. The molecule has 1 saturated carbocycles. The van der Waals surface area contributed by atoms with Gasteiger partial charge in [0.1, 0.15) is 5.54 Å². The molecule has 0 N–H and O–H groups in total. The molecule has 7 heteroatoms. The molecule has 2 aromatic rings. The third-order valence-corrected chi connectivity index (χ3v) is 6.81. The standard InChI is InChI=1S/C22H27N5O2/c1-15-12-16(15)21(29)25-11-8-22(14-25)18-7-5-10-26(18)20-17(6-4-9-23-20)27(22)13-19(28)24(2)3/h4-7,9-10,15-16H,8,11-14H2,1-3H3/t15-,16+,22-/m1/s1. The van der Waals surface area contributed by atoms with E-state index in [2.05, 4.69) is 27.4 Å². The number of hydrogen-bond donors (Lipinski definition) is 0. The first kappa shape index (κ1) is 18.2. The molecule has 1 saturated heterocycles. The monoisotopic (exact) mass is 393 g/mol. The highest BCUT2D eigenvalue weighted by molar-refractivity contribution is 5.85. The van der Waals surface area contributed by atoms with Crippen molar-refractivity contribution in [2.45, 2.75) is 25.3 Å². The lowest BCUT2D eigenvalue weighted by Crippen LogP contribution is -2.55. The van der Waals surface area contributed by atoms with Gasteiger partial charge in [-0.2, -0.15) is 0 Å². The molecule has 7 nitrogen and oxygen atoms in total. The smallest absolute Gasteiger partial charge is 0.241 e. The minimum Gasteiger partial charge on any atom is -0.347 e. The van der Waals surface area contributed by atoms with Crippen LogP contribution in [0.15, 0.2) is 36.7 Å². The van der Waals surface area contributed by atoms with Crippen LogP contribution in [-0.4, -0.2) is 64.9 Å². The number of nitrogens with zero attached hydrogens (tertiary/aromatic N) is 5. The molecule has 0 bridgehead atoms. The molecule has 2 aromatic heterocycles. The van der Waals surface area contributed by atoms with Crippen LogP contribution >= 0.6 is 0 Å². The van der Waals surface area contributed by atoms with Crippen molar-refractivity contribution in [3.8, 4) is 5.82 Å². The quantitative estimate of drug-likeness (QED) is 0.799. The molecule has 3 atom stereocenters. The van der Waals surface area contributed by atoms with E-state index in [-0.39, 0.29) is 24.3 Å². The maximum Gasteiger partial charge on any atom is 0.241 e. The van der Waals surface area contributed by atoms with Crippen molar-refractivity contribution in [3.63, 3.8) is 0 Å². The van der Waals surface area contributed by atoms with E-state index in [9.17, 15) is 9.59 Å². The van der Waals surface area contributed by atoms with Crippen LogP contribution in [0.2, 0.25) is 0 Å². The van der Waals surface area contributed by atoms with Crippen LogP contribution in [0.3, 0.4) is 0 Å². The van der Waals surface area contributed by atoms with Crippen molar-refractivity contribution in [1.29, 1.82) is 0 Å². The van der Waals surface area contributed by atoms with E-state index >= 15 is 0 Å². The Hall–Kier alpha value is -2.83. The Labute approximate surface area is 170 Å². The van der Waals surface area contributed by atoms with Gasteiger partial charge in [-0.3, -0.25) is 9.59 Å². The lowest BCUT2D eigenvalue weighted by Gasteiger charge is -2.47. The van der Waals surface area contributed by atoms with Crippen molar-refractivity contribution in [1.82, 2.24) is 19.4 Å². The van der Waals surface area contributed by atoms with E-state index in [4.69, 9.17) is 0 Å². The average molecular weight is 393 g/mol. The Morgan fingerprint density at radius 1 is 1.28 bits per heavy atom. The largest absolute Gasteiger partial charge is 0.347 e. The fourth-order valence-electron chi connectivity index (χ4n) is 4.92. The first-order valence-electron chi connectivity index (χ1n) is 10.3. The summed E-state index contributed by atoms with van der Waals surface area (Å²) in [5.74, 6) is 1.81. The maximum absolute atomic E-state index is 13.0. The predicted molar refractivity (Wildman–Crippen MR) is 110 cm³/mol. The normalized spacial score (nSPS) is 27.0. The number of likely N-dealkylation sites (tertiary alicyclic amines) is 1. The zero-order chi connectivity index (χ0) is 20.3. The number of rotatable bonds is 3. The highest BCUT2D eigenvalue weighted by Crippen LogP contribution is 2.48. The lowest BCUT2D eigenvalue weighted by molar-refractivity contribution is -0.132. The second-order valence-corrected chi connectivity index (χ2v) is 8.84. The molecule has 2 amide bonds. The highest BCUT2D eigenvalue weighted by atomic mass is 16.2. The number of likely N-dealkylation sites (N-methyl/N-ethyl adjacent to an activating group) is 1. The summed E-state index contributed by atoms with van der Waals surface area (Å²) in [5, 5.41) is 0. The van der Waals surface area contributed by atoms with Crippen LogP contribution in [0.1, 0.15) is 25.5 Å². The minimum atomic E-state index is -0.418. The van der Waals surface area contributed by atoms with E-state index in [0.717, 1.165) is 36.6 Å². The fraction of sp³-hybridized carbons (Fsp3) is 0.500. The first-order valence-corrected chi connectivity index (χ1v) is 10.3. The van der Waals surface area contributed by atoms with E-state index in [0.29, 0.717) is 12.5 Å². The molecule has 29 heavy (non-hydrogen) atoms. The zero-order valence-electron chi connectivity index (χ0n) is 17.2. The average Bonchev–Trinajstić information content (AvgIpc) is 3.12. The van der Waals surface area contributed by atoms with Crippen LogP contribution in [-0.2, 0) is 15.1 Å². The van der Waals surface area contributed by atoms with Crippen molar-refractivity contribution in [2.75, 3.05) is 38.6 Å². The Bertz CT molecular complexity index is 983. The zero-order valence-corrected chi connectivity index (χ0v) is 17.2. The van der Waals surface area contributed by atoms with E-state index in [1.807, 2.05) is 29.3 Å². The van der Waals surface area contributed by atoms with Crippen LogP contribution in [0, 0.1) is 11.8 Å². The molecule has 3 aliphatic rings. The van der Waals surface area contributed by atoms with Crippen LogP contribution in [0.25, 0.3) is 5.82 Å². The number of aromatic nitrogens is 2. The van der Waals surface area contributed by atoms with Gasteiger partial charge in [0.2, 0.25) is 11.8 Å². The molecular formula is C22H27N5O2. The molecule has 2 aliphatic heterocycles. The lowest BCUT2D eigenvalue weighted by atomic mass is 9.88. The number of hydrogen-bond acceptors (Lipinski definition) is 4. The van der Waals surface area contributed by atoms with Crippen molar-refractivity contribution >= 4 is 17.5 Å². The van der Waals surface area contributed by atoms with Gasteiger partial charge >= 0.3 is 0 Å². The minimum absolute atomic E-state index is 0.0415. The Morgan fingerprint density at radius 3 is 2.79 bits per heavy atom. The van der Waals surface area contributed by atoms with Crippen molar-refractivity contribution < 1.29 is 9.59 Å². The first-order chi connectivity index (χ1) is 13.9.